The van der Waals surface area contributed by atoms with E-state index in [4.69, 9.17) is 23.2 Å². The first-order chi connectivity index (χ1) is 10.1. The van der Waals surface area contributed by atoms with Crippen LogP contribution in [0.2, 0.25) is 10.0 Å². The molecule has 2 aromatic rings. The molecule has 1 N–H and O–H groups in total. The maximum absolute atomic E-state index is 6.30. The lowest BCUT2D eigenvalue weighted by Crippen LogP contribution is -2.46. The monoisotopic (exact) mass is 360 g/mol. The Kier molecular flexibility index (Phi) is 6.12. The molecule has 1 atom stereocenters. The number of nitrogens with one attached hydrogen (secondary N) is 1. The predicted octanol–water partition coefficient (Wildman–Crippen LogP) is 3.30. The van der Waals surface area contributed by atoms with Gasteiger partial charge in [-0.1, -0.05) is 23.2 Å². The van der Waals surface area contributed by atoms with Gasteiger partial charge in [-0.05, 0) is 23.8 Å². The van der Waals surface area contributed by atoms with Crippen LogP contribution in [0.4, 0.5) is 0 Å². The second-order valence-electron chi connectivity index (χ2n) is 5.32. The highest BCUT2D eigenvalue weighted by Crippen LogP contribution is 2.27. The van der Waals surface area contributed by atoms with Crippen LogP contribution in [0.1, 0.15) is 17.4 Å². The lowest BCUT2D eigenvalue weighted by atomic mass is 10.1. The summed E-state index contributed by atoms with van der Waals surface area (Å²) in [6.45, 7) is 3.60. The van der Waals surface area contributed by atoms with E-state index in [0.29, 0.717) is 0 Å². The molecule has 1 unspecified atom stereocenters. The van der Waals surface area contributed by atoms with Crippen LogP contribution in [0.15, 0.2) is 30.6 Å². The molecule has 3 rings (SSSR count). The fourth-order valence-electron chi connectivity index (χ4n) is 2.77. The van der Waals surface area contributed by atoms with Gasteiger partial charge in [0.1, 0.15) is 5.82 Å². The second kappa shape index (κ2) is 7.66. The number of benzene rings is 1. The van der Waals surface area contributed by atoms with Crippen molar-refractivity contribution in [1.82, 2.24) is 19.8 Å². The van der Waals surface area contributed by atoms with Crippen LogP contribution in [-0.4, -0.2) is 34.1 Å². The Morgan fingerprint density at radius 1 is 1.36 bits per heavy atom. The van der Waals surface area contributed by atoms with Gasteiger partial charge in [0.25, 0.3) is 0 Å². The molecule has 1 aliphatic rings. The fourth-order valence-corrected chi connectivity index (χ4v) is 3.14. The molecular weight excluding hydrogens is 343 g/mol. The average molecular weight is 362 g/mol. The molecule has 1 saturated heterocycles. The van der Waals surface area contributed by atoms with Gasteiger partial charge in [-0.2, -0.15) is 0 Å². The normalized spacial score (nSPS) is 19.0. The molecule has 0 spiro atoms. The smallest absolute Gasteiger partial charge is 0.127 e. The molecule has 1 aliphatic heterocycles. The van der Waals surface area contributed by atoms with Crippen molar-refractivity contribution < 1.29 is 0 Å². The molecule has 0 saturated carbocycles. The maximum Gasteiger partial charge on any atom is 0.127 e. The van der Waals surface area contributed by atoms with Crippen molar-refractivity contribution in [3.63, 3.8) is 0 Å². The van der Waals surface area contributed by atoms with Crippen LogP contribution in [0.5, 0.6) is 0 Å². The summed E-state index contributed by atoms with van der Waals surface area (Å²) in [6, 6.07) is 5.87. The summed E-state index contributed by atoms with van der Waals surface area (Å²) in [5, 5.41) is 4.92. The van der Waals surface area contributed by atoms with Gasteiger partial charge in [0.05, 0.1) is 6.04 Å². The SMILES string of the molecule is Cl.Cn1ccnc1C1CNCCN1Cc1cc(Cl)ccc1Cl. The van der Waals surface area contributed by atoms with Gasteiger partial charge in [0.15, 0.2) is 0 Å². The van der Waals surface area contributed by atoms with Crippen molar-refractivity contribution in [2.75, 3.05) is 19.6 Å². The van der Waals surface area contributed by atoms with Crippen LogP contribution in [-0.2, 0) is 13.6 Å². The van der Waals surface area contributed by atoms with Crippen molar-refractivity contribution in [1.29, 1.82) is 0 Å². The first-order valence-corrected chi connectivity index (χ1v) is 7.76. The largest absolute Gasteiger partial charge is 0.337 e. The zero-order chi connectivity index (χ0) is 14.8. The minimum atomic E-state index is 0. The van der Waals surface area contributed by atoms with Gasteiger partial charge in [-0.25, -0.2) is 4.98 Å². The third-order valence-corrected chi connectivity index (χ3v) is 4.50. The summed E-state index contributed by atoms with van der Waals surface area (Å²) in [5.74, 6) is 1.07. The van der Waals surface area contributed by atoms with Crippen LogP contribution in [0, 0.1) is 0 Å². The number of aryl methyl sites for hydroxylation is 1. The van der Waals surface area contributed by atoms with E-state index >= 15 is 0 Å². The van der Waals surface area contributed by atoms with Crippen LogP contribution in [0.3, 0.4) is 0 Å². The van der Waals surface area contributed by atoms with Crippen molar-refractivity contribution in [2.45, 2.75) is 12.6 Å². The number of hydrogen-bond donors (Lipinski definition) is 1. The Bertz CT molecular complexity index is 629. The molecule has 0 bridgehead atoms. The highest BCUT2D eigenvalue weighted by molar-refractivity contribution is 6.33. The van der Waals surface area contributed by atoms with Crippen LogP contribution >= 0.6 is 35.6 Å². The molecule has 22 heavy (non-hydrogen) atoms. The van der Waals surface area contributed by atoms with Crippen molar-refractivity contribution in [3.05, 3.63) is 52.0 Å². The molecule has 120 valence electrons. The zero-order valence-electron chi connectivity index (χ0n) is 12.3. The Hall–Kier alpha value is -0.780. The third-order valence-electron chi connectivity index (χ3n) is 3.89. The summed E-state index contributed by atoms with van der Waals surface area (Å²) < 4.78 is 2.07. The van der Waals surface area contributed by atoms with Gasteiger partial charge >= 0.3 is 0 Å². The molecule has 0 radical (unpaired) electrons. The molecule has 1 fully saturated rings. The number of piperazine rings is 1. The van der Waals surface area contributed by atoms with Gasteiger partial charge in [0, 0.05) is 55.7 Å². The molecule has 1 aromatic carbocycles. The number of imidazole rings is 1. The van der Waals surface area contributed by atoms with E-state index in [-0.39, 0.29) is 18.4 Å². The average Bonchev–Trinajstić information content (AvgIpc) is 2.90. The molecule has 0 aliphatic carbocycles. The molecule has 7 heteroatoms. The number of aromatic nitrogens is 2. The third kappa shape index (κ3) is 3.76. The van der Waals surface area contributed by atoms with E-state index in [9.17, 15) is 0 Å². The van der Waals surface area contributed by atoms with E-state index in [0.717, 1.165) is 47.6 Å². The first kappa shape index (κ1) is 17.6. The second-order valence-corrected chi connectivity index (χ2v) is 6.17. The zero-order valence-corrected chi connectivity index (χ0v) is 14.6. The number of hydrogen-bond acceptors (Lipinski definition) is 3. The highest BCUT2D eigenvalue weighted by atomic mass is 35.5. The standard InChI is InChI=1S/C15H18Cl2N4.ClH/c1-20-6-5-19-15(20)14-9-18-4-7-21(14)10-11-8-12(16)2-3-13(11)17;/h2-3,5-6,8,14,18H,4,7,9-10H2,1H3;1H. The summed E-state index contributed by atoms with van der Waals surface area (Å²) in [6.07, 6.45) is 3.82. The summed E-state index contributed by atoms with van der Waals surface area (Å²) >= 11 is 12.4. The number of nitrogens with zero attached hydrogens (tertiary/aromatic N) is 3. The minimum absolute atomic E-state index is 0. The van der Waals surface area contributed by atoms with E-state index in [1.54, 1.807) is 0 Å². The van der Waals surface area contributed by atoms with Crippen molar-refractivity contribution in [3.8, 4) is 0 Å². The Labute approximate surface area is 146 Å². The van der Waals surface area contributed by atoms with E-state index in [1.807, 2.05) is 37.6 Å². The molecule has 0 amide bonds. The molecule has 4 nitrogen and oxygen atoms in total. The predicted molar refractivity (Wildman–Crippen MR) is 92.9 cm³/mol. The Morgan fingerprint density at radius 3 is 2.91 bits per heavy atom. The lowest BCUT2D eigenvalue weighted by molar-refractivity contribution is 0.145. The Morgan fingerprint density at radius 2 is 2.18 bits per heavy atom. The molecular formula is C15H19Cl3N4. The summed E-state index contributed by atoms with van der Waals surface area (Å²) in [5.41, 5.74) is 1.06. The van der Waals surface area contributed by atoms with E-state index in [1.165, 1.54) is 0 Å². The van der Waals surface area contributed by atoms with Gasteiger partial charge in [-0.15, -0.1) is 12.4 Å². The van der Waals surface area contributed by atoms with Gasteiger partial charge in [0.2, 0.25) is 0 Å². The minimum Gasteiger partial charge on any atom is -0.337 e. The summed E-state index contributed by atoms with van der Waals surface area (Å²) in [7, 11) is 2.03. The first-order valence-electron chi connectivity index (χ1n) is 7.01. The number of rotatable bonds is 3. The maximum atomic E-state index is 6.30. The quantitative estimate of drug-likeness (QED) is 0.910. The van der Waals surface area contributed by atoms with E-state index in [2.05, 4.69) is 19.8 Å². The van der Waals surface area contributed by atoms with E-state index < -0.39 is 0 Å². The number of halogens is 3. The highest BCUT2D eigenvalue weighted by Gasteiger charge is 2.27. The van der Waals surface area contributed by atoms with Crippen molar-refractivity contribution in [2.24, 2.45) is 7.05 Å². The van der Waals surface area contributed by atoms with Gasteiger partial charge in [-0.3, -0.25) is 4.90 Å². The fraction of sp³-hybridized carbons (Fsp3) is 0.400. The van der Waals surface area contributed by atoms with Gasteiger partial charge < -0.3 is 9.88 Å². The van der Waals surface area contributed by atoms with Crippen LogP contribution < -0.4 is 5.32 Å². The lowest BCUT2D eigenvalue weighted by Gasteiger charge is -2.35. The Balaban J connectivity index is 0.00000176. The topological polar surface area (TPSA) is 33.1 Å². The molecule has 1 aromatic heterocycles. The molecule has 2 heterocycles. The van der Waals surface area contributed by atoms with Crippen molar-refractivity contribution >= 4 is 35.6 Å². The van der Waals surface area contributed by atoms with Crippen LogP contribution in [0.25, 0.3) is 0 Å². The summed E-state index contributed by atoms with van der Waals surface area (Å²) in [4.78, 5) is 6.89.